The van der Waals surface area contributed by atoms with E-state index >= 15 is 0 Å². The molecule has 0 radical (unpaired) electrons. The third-order valence-corrected chi connectivity index (χ3v) is 1.44. The van der Waals surface area contributed by atoms with Gasteiger partial charge in [0.1, 0.15) is 0 Å². The van der Waals surface area contributed by atoms with Gasteiger partial charge in [0.2, 0.25) is 5.91 Å². The SMILES string of the molecule is C=CCCCN(C)C(C)=O. The molecule has 0 fully saturated rings. The van der Waals surface area contributed by atoms with E-state index in [4.69, 9.17) is 0 Å². The topological polar surface area (TPSA) is 20.3 Å². The van der Waals surface area contributed by atoms with Crippen LogP contribution in [0.2, 0.25) is 0 Å². The van der Waals surface area contributed by atoms with E-state index in [1.54, 1.807) is 11.8 Å². The van der Waals surface area contributed by atoms with Crippen LogP contribution in [0.15, 0.2) is 12.7 Å². The van der Waals surface area contributed by atoms with Crippen molar-refractivity contribution in [2.24, 2.45) is 0 Å². The minimum Gasteiger partial charge on any atom is -0.346 e. The van der Waals surface area contributed by atoms with Crippen LogP contribution in [-0.2, 0) is 4.79 Å². The lowest BCUT2D eigenvalue weighted by atomic mass is 10.3. The molecule has 0 heterocycles. The van der Waals surface area contributed by atoms with E-state index in [-0.39, 0.29) is 5.91 Å². The molecule has 0 aliphatic carbocycles. The first-order valence-electron chi connectivity index (χ1n) is 3.51. The van der Waals surface area contributed by atoms with Gasteiger partial charge in [0.15, 0.2) is 0 Å². The van der Waals surface area contributed by atoms with E-state index in [1.807, 2.05) is 13.1 Å². The fraction of sp³-hybridized carbons (Fsp3) is 0.625. The van der Waals surface area contributed by atoms with Crippen LogP contribution in [0.25, 0.3) is 0 Å². The molecule has 2 nitrogen and oxygen atoms in total. The maximum Gasteiger partial charge on any atom is 0.219 e. The average molecular weight is 141 g/mol. The molecular weight excluding hydrogens is 126 g/mol. The van der Waals surface area contributed by atoms with Gasteiger partial charge >= 0.3 is 0 Å². The Labute approximate surface area is 62.5 Å². The molecule has 0 aliphatic heterocycles. The first-order chi connectivity index (χ1) is 4.68. The number of nitrogens with zero attached hydrogens (tertiary/aromatic N) is 1. The van der Waals surface area contributed by atoms with Gasteiger partial charge in [-0.15, -0.1) is 6.58 Å². The highest BCUT2D eigenvalue weighted by atomic mass is 16.2. The second-order valence-corrected chi connectivity index (χ2v) is 2.37. The summed E-state index contributed by atoms with van der Waals surface area (Å²) in [6.45, 7) is 6.01. The van der Waals surface area contributed by atoms with Crippen molar-refractivity contribution < 1.29 is 4.79 Å². The molecule has 0 N–H and O–H groups in total. The maximum atomic E-state index is 10.6. The molecule has 1 amide bonds. The van der Waals surface area contributed by atoms with Gasteiger partial charge in [0.25, 0.3) is 0 Å². The van der Waals surface area contributed by atoms with Gasteiger partial charge in [-0.1, -0.05) is 6.08 Å². The highest BCUT2D eigenvalue weighted by molar-refractivity contribution is 5.72. The van der Waals surface area contributed by atoms with Gasteiger partial charge < -0.3 is 4.90 Å². The van der Waals surface area contributed by atoms with E-state index in [0.29, 0.717) is 0 Å². The number of allylic oxidation sites excluding steroid dienone is 1. The summed E-state index contributed by atoms with van der Waals surface area (Å²) < 4.78 is 0. The summed E-state index contributed by atoms with van der Waals surface area (Å²) in [6, 6.07) is 0. The summed E-state index contributed by atoms with van der Waals surface area (Å²) in [5.74, 6) is 0.129. The van der Waals surface area contributed by atoms with Crippen molar-refractivity contribution >= 4 is 5.91 Å². The lowest BCUT2D eigenvalue weighted by Crippen LogP contribution is -2.24. The average Bonchev–Trinajstić information content (AvgIpc) is 1.88. The predicted molar refractivity (Wildman–Crippen MR) is 42.7 cm³/mol. The number of hydrogen-bond donors (Lipinski definition) is 0. The van der Waals surface area contributed by atoms with Crippen LogP contribution in [0, 0.1) is 0 Å². The number of carbonyl (C=O) groups excluding carboxylic acids is 1. The fourth-order valence-corrected chi connectivity index (χ4v) is 0.630. The number of hydrogen-bond acceptors (Lipinski definition) is 1. The van der Waals surface area contributed by atoms with Gasteiger partial charge in [0.05, 0.1) is 0 Å². The maximum absolute atomic E-state index is 10.6. The van der Waals surface area contributed by atoms with Gasteiger partial charge in [0, 0.05) is 20.5 Å². The highest BCUT2D eigenvalue weighted by Crippen LogP contribution is 1.92. The third kappa shape index (κ3) is 4.13. The zero-order valence-corrected chi connectivity index (χ0v) is 6.76. The lowest BCUT2D eigenvalue weighted by Gasteiger charge is -2.12. The Bertz CT molecular complexity index is 120. The van der Waals surface area contributed by atoms with E-state index in [2.05, 4.69) is 6.58 Å². The lowest BCUT2D eigenvalue weighted by molar-refractivity contribution is -0.127. The fourth-order valence-electron chi connectivity index (χ4n) is 0.630. The number of unbranched alkanes of at least 4 members (excludes halogenated alkanes) is 1. The molecule has 0 aromatic heterocycles. The van der Waals surface area contributed by atoms with Crippen molar-refractivity contribution in [1.29, 1.82) is 0 Å². The van der Waals surface area contributed by atoms with E-state index in [1.165, 1.54) is 0 Å². The third-order valence-electron chi connectivity index (χ3n) is 1.44. The van der Waals surface area contributed by atoms with Crippen molar-refractivity contribution in [1.82, 2.24) is 4.90 Å². The molecule has 10 heavy (non-hydrogen) atoms. The standard InChI is InChI=1S/C8H15NO/c1-4-5-6-7-9(3)8(2)10/h4H,1,5-7H2,2-3H3. The monoisotopic (exact) mass is 141 g/mol. The molecule has 0 atom stereocenters. The van der Waals surface area contributed by atoms with Crippen molar-refractivity contribution in [3.8, 4) is 0 Å². The second-order valence-electron chi connectivity index (χ2n) is 2.37. The Balaban J connectivity index is 3.30. The van der Waals surface area contributed by atoms with Gasteiger partial charge in [-0.2, -0.15) is 0 Å². The Morgan fingerprint density at radius 2 is 2.30 bits per heavy atom. The van der Waals surface area contributed by atoms with Crippen molar-refractivity contribution in [3.05, 3.63) is 12.7 Å². The largest absolute Gasteiger partial charge is 0.346 e. The number of rotatable bonds is 4. The number of amides is 1. The first kappa shape index (κ1) is 9.21. The van der Waals surface area contributed by atoms with Gasteiger partial charge in [-0.05, 0) is 12.8 Å². The van der Waals surface area contributed by atoms with Crippen LogP contribution in [-0.4, -0.2) is 24.4 Å². The molecule has 2 heteroatoms. The van der Waals surface area contributed by atoms with Crippen molar-refractivity contribution in [3.63, 3.8) is 0 Å². The van der Waals surface area contributed by atoms with Crippen LogP contribution < -0.4 is 0 Å². The van der Waals surface area contributed by atoms with Crippen LogP contribution >= 0.6 is 0 Å². The van der Waals surface area contributed by atoms with Gasteiger partial charge in [-0.3, -0.25) is 4.79 Å². The van der Waals surface area contributed by atoms with Gasteiger partial charge in [-0.25, -0.2) is 0 Å². The highest BCUT2D eigenvalue weighted by Gasteiger charge is 1.98. The van der Waals surface area contributed by atoms with Crippen LogP contribution in [0.4, 0.5) is 0 Å². The molecule has 0 saturated carbocycles. The molecule has 0 aliphatic rings. The summed E-state index contributed by atoms with van der Waals surface area (Å²) in [5, 5.41) is 0. The molecule has 58 valence electrons. The van der Waals surface area contributed by atoms with Crippen molar-refractivity contribution in [2.75, 3.05) is 13.6 Å². The Hall–Kier alpha value is -0.790. The quantitative estimate of drug-likeness (QED) is 0.428. The van der Waals surface area contributed by atoms with E-state index < -0.39 is 0 Å². The van der Waals surface area contributed by atoms with Crippen LogP contribution in [0.1, 0.15) is 19.8 Å². The number of carbonyl (C=O) groups is 1. The Kier molecular flexibility index (Phi) is 4.63. The zero-order valence-electron chi connectivity index (χ0n) is 6.76. The predicted octanol–water partition coefficient (Wildman–Crippen LogP) is 1.43. The van der Waals surface area contributed by atoms with Crippen molar-refractivity contribution in [2.45, 2.75) is 19.8 Å². The Morgan fingerprint density at radius 1 is 1.70 bits per heavy atom. The van der Waals surface area contributed by atoms with E-state index in [0.717, 1.165) is 19.4 Å². The molecule has 0 rings (SSSR count). The smallest absolute Gasteiger partial charge is 0.219 e. The minimum absolute atomic E-state index is 0.129. The summed E-state index contributed by atoms with van der Waals surface area (Å²) in [7, 11) is 1.81. The summed E-state index contributed by atoms with van der Waals surface area (Å²) in [5.41, 5.74) is 0. The summed E-state index contributed by atoms with van der Waals surface area (Å²) in [4.78, 5) is 12.3. The molecule has 0 unspecified atom stereocenters. The molecular formula is C8H15NO. The van der Waals surface area contributed by atoms with E-state index in [9.17, 15) is 4.79 Å². The zero-order chi connectivity index (χ0) is 7.98. The minimum atomic E-state index is 0.129. The summed E-state index contributed by atoms with van der Waals surface area (Å²) >= 11 is 0. The second kappa shape index (κ2) is 5.03. The molecule has 0 aromatic rings. The molecule has 0 spiro atoms. The first-order valence-corrected chi connectivity index (χ1v) is 3.51. The molecule has 0 aromatic carbocycles. The summed E-state index contributed by atoms with van der Waals surface area (Å²) in [6.07, 6.45) is 3.87. The molecule has 0 saturated heterocycles. The van der Waals surface area contributed by atoms with Crippen LogP contribution in [0.5, 0.6) is 0 Å². The van der Waals surface area contributed by atoms with Crippen LogP contribution in [0.3, 0.4) is 0 Å². The normalized spacial score (nSPS) is 9.00. The molecule has 0 bridgehead atoms. The Morgan fingerprint density at radius 3 is 2.70 bits per heavy atom.